The average Bonchev–Trinajstić information content (AvgIpc) is 2.86. The highest BCUT2D eigenvalue weighted by Crippen LogP contribution is 2.23. The van der Waals surface area contributed by atoms with Crippen LogP contribution in [-0.4, -0.2) is 53.3 Å². The maximum Gasteiger partial charge on any atom is 0.324 e. The minimum atomic E-state index is -0.496. The molecule has 2 saturated heterocycles. The van der Waals surface area contributed by atoms with Gasteiger partial charge in [-0.2, -0.15) is 0 Å². The number of nitrogens with zero attached hydrogens (tertiary/aromatic N) is 2. The Hall–Kier alpha value is -2.15. The van der Waals surface area contributed by atoms with Crippen molar-refractivity contribution in [3.8, 4) is 0 Å². The lowest BCUT2D eigenvalue weighted by Gasteiger charge is -2.35. The monoisotopic (exact) mass is 339 g/mol. The van der Waals surface area contributed by atoms with Crippen molar-refractivity contribution in [2.75, 3.05) is 19.6 Å². The summed E-state index contributed by atoms with van der Waals surface area (Å²) in [7, 11) is 0. The van der Waals surface area contributed by atoms with E-state index in [0.29, 0.717) is 25.9 Å². The maximum atomic E-state index is 13.1. The molecule has 0 unspecified atom stereocenters. The third kappa shape index (κ3) is 3.01. The first-order valence-corrected chi connectivity index (χ1v) is 7.69. The molecule has 2 fully saturated rings. The highest BCUT2D eigenvalue weighted by molar-refractivity contribution is 6.33. The van der Waals surface area contributed by atoms with Crippen molar-refractivity contribution in [2.45, 2.75) is 18.9 Å². The van der Waals surface area contributed by atoms with E-state index in [0.717, 1.165) is 6.07 Å². The molecule has 122 valence electrons. The largest absolute Gasteiger partial charge is 0.338 e. The predicted molar refractivity (Wildman–Crippen MR) is 80.6 cm³/mol. The molecule has 0 saturated carbocycles. The first-order valence-electron chi connectivity index (χ1n) is 7.31. The number of carbonyl (C=O) groups excluding carboxylic acids is 3. The standard InChI is InChI=1S/C15H15ClFN3O3/c16-12-7-9(17)1-2-11(12)14(22)19-5-3-10(4-6-19)20-13(21)8-18-15(20)23/h1-2,7,10H,3-6,8H2,(H,18,23). The van der Waals surface area contributed by atoms with Gasteiger partial charge >= 0.3 is 6.03 Å². The van der Waals surface area contributed by atoms with Gasteiger partial charge in [-0.05, 0) is 31.0 Å². The van der Waals surface area contributed by atoms with Gasteiger partial charge in [0.05, 0.1) is 17.1 Å². The number of carbonyl (C=O) groups is 3. The molecule has 0 atom stereocenters. The molecular weight excluding hydrogens is 325 g/mol. The lowest BCUT2D eigenvalue weighted by molar-refractivity contribution is -0.127. The molecule has 2 heterocycles. The van der Waals surface area contributed by atoms with Crippen molar-refractivity contribution in [1.29, 1.82) is 0 Å². The van der Waals surface area contributed by atoms with Gasteiger partial charge in [-0.25, -0.2) is 9.18 Å². The third-order valence-electron chi connectivity index (χ3n) is 4.16. The number of imide groups is 1. The number of urea groups is 1. The van der Waals surface area contributed by atoms with E-state index in [-0.39, 0.29) is 41.0 Å². The predicted octanol–water partition coefficient (Wildman–Crippen LogP) is 1.64. The molecular formula is C15H15ClFN3O3. The van der Waals surface area contributed by atoms with Gasteiger partial charge in [0.25, 0.3) is 5.91 Å². The Bertz CT molecular complexity index is 658. The fourth-order valence-electron chi connectivity index (χ4n) is 2.96. The molecule has 2 aliphatic heterocycles. The third-order valence-corrected chi connectivity index (χ3v) is 4.47. The zero-order valence-corrected chi connectivity index (χ0v) is 13.0. The van der Waals surface area contributed by atoms with Crippen LogP contribution in [0.15, 0.2) is 18.2 Å². The highest BCUT2D eigenvalue weighted by Gasteiger charge is 2.37. The van der Waals surface area contributed by atoms with E-state index >= 15 is 0 Å². The quantitative estimate of drug-likeness (QED) is 0.833. The van der Waals surface area contributed by atoms with E-state index in [9.17, 15) is 18.8 Å². The topological polar surface area (TPSA) is 69.7 Å². The molecule has 4 amide bonds. The molecule has 0 bridgehead atoms. The van der Waals surface area contributed by atoms with Gasteiger partial charge in [-0.1, -0.05) is 11.6 Å². The summed E-state index contributed by atoms with van der Waals surface area (Å²) in [5.74, 6) is -1.00. The van der Waals surface area contributed by atoms with Gasteiger partial charge < -0.3 is 10.2 Å². The number of benzene rings is 1. The number of halogens is 2. The maximum absolute atomic E-state index is 13.1. The van der Waals surface area contributed by atoms with Crippen molar-refractivity contribution < 1.29 is 18.8 Å². The Morgan fingerprint density at radius 1 is 1.26 bits per heavy atom. The fraction of sp³-hybridized carbons (Fsp3) is 0.400. The highest BCUT2D eigenvalue weighted by atomic mass is 35.5. The number of hydrogen-bond acceptors (Lipinski definition) is 3. The first-order chi connectivity index (χ1) is 11.0. The van der Waals surface area contributed by atoms with Crippen LogP contribution in [0, 0.1) is 5.82 Å². The zero-order chi connectivity index (χ0) is 16.6. The Morgan fingerprint density at radius 2 is 1.96 bits per heavy atom. The summed E-state index contributed by atoms with van der Waals surface area (Å²) in [6.45, 7) is 0.853. The van der Waals surface area contributed by atoms with E-state index in [1.54, 1.807) is 4.90 Å². The van der Waals surface area contributed by atoms with Crippen molar-refractivity contribution in [3.05, 3.63) is 34.6 Å². The van der Waals surface area contributed by atoms with Crippen molar-refractivity contribution >= 4 is 29.4 Å². The molecule has 0 spiro atoms. The number of hydrogen-bond donors (Lipinski definition) is 1. The SMILES string of the molecule is O=C(c1ccc(F)cc1Cl)N1CCC(N2C(=O)CNC2=O)CC1. The zero-order valence-electron chi connectivity index (χ0n) is 12.2. The second kappa shape index (κ2) is 6.16. The average molecular weight is 340 g/mol. The second-order valence-electron chi connectivity index (χ2n) is 5.57. The van der Waals surface area contributed by atoms with Crippen LogP contribution in [0.25, 0.3) is 0 Å². The van der Waals surface area contributed by atoms with E-state index < -0.39 is 5.82 Å². The Morgan fingerprint density at radius 3 is 2.52 bits per heavy atom. The van der Waals surface area contributed by atoms with Crippen LogP contribution < -0.4 is 5.32 Å². The van der Waals surface area contributed by atoms with Crippen molar-refractivity contribution in [1.82, 2.24) is 15.1 Å². The molecule has 2 aliphatic rings. The minimum Gasteiger partial charge on any atom is -0.338 e. The smallest absolute Gasteiger partial charge is 0.324 e. The summed E-state index contributed by atoms with van der Waals surface area (Å²) in [6.07, 6.45) is 1.04. The van der Waals surface area contributed by atoms with Gasteiger partial charge in [0.2, 0.25) is 5.91 Å². The second-order valence-corrected chi connectivity index (χ2v) is 5.98. The summed E-state index contributed by atoms with van der Waals surface area (Å²) < 4.78 is 13.1. The molecule has 1 N–H and O–H groups in total. The summed E-state index contributed by atoms with van der Waals surface area (Å²) in [6, 6.07) is 3.09. The molecule has 6 nitrogen and oxygen atoms in total. The first kappa shape index (κ1) is 15.7. The molecule has 3 rings (SSSR count). The molecule has 1 aromatic rings. The Kier molecular flexibility index (Phi) is 4.21. The Labute approximate surface area is 137 Å². The van der Waals surface area contributed by atoms with Crippen LogP contribution in [0.4, 0.5) is 9.18 Å². The lowest BCUT2D eigenvalue weighted by Crippen LogP contribution is -2.49. The Balaban J connectivity index is 1.65. The lowest BCUT2D eigenvalue weighted by atomic mass is 10.0. The number of amides is 4. The summed E-state index contributed by atoms with van der Waals surface area (Å²) >= 11 is 5.92. The van der Waals surface area contributed by atoms with E-state index in [2.05, 4.69) is 5.32 Å². The molecule has 23 heavy (non-hydrogen) atoms. The number of likely N-dealkylation sites (tertiary alicyclic amines) is 1. The summed E-state index contributed by atoms with van der Waals surface area (Å²) in [4.78, 5) is 38.7. The number of piperidine rings is 1. The van der Waals surface area contributed by atoms with Crippen LogP contribution >= 0.6 is 11.6 Å². The van der Waals surface area contributed by atoms with Gasteiger partial charge in [0.1, 0.15) is 5.82 Å². The van der Waals surface area contributed by atoms with Gasteiger partial charge in [0, 0.05) is 19.1 Å². The van der Waals surface area contributed by atoms with Crippen LogP contribution in [0.1, 0.15) is 23.2 Å². The minimum absolute atomic E-state index is 0.0309. The summed E-state index contributed by atoms with van der Waals surface area (Å²) in [5, 5.41) is 2.57. The molecule has 0 radical (unpaired) electrons. The van der Waals surface area contributed by atoms with Crippen LogP contribution in [-0.2, 0) is 4.79 Å². The molecule has 1 aromatic carbocycles. The van der Waals surface area contributed by atoms with E-state index in [1.165, 1.54) is 17.0 Å². The molecule has 8 heteroatoms. The molecule has 0 aromatic heterocycles. The van der Waals surface area contributed by atoms with Crippen molar-refractivity contribution in [2.24, 2.45) is 0 Å². The van der Waals surface area contributed by atoms with E-state index in [1.807, 2.05) is 0 Å². The van der Waals surface area contributed by atoms with Crippen LogP contribution in [0.5, 0.6) is 0 Å². The molecule has 0 aliphatic carbocycles. The van der Waals surface area contributed by atoms with Gasteiger partial charge in [-0.3, -0.25) is 14.5 Å². The fourth-order valence-corrected chi connectivity index (χ4v) is 3.21. The van der Waals surface area contributed by atoms with E-state index in [4.69, 9.17) is 11.6 Å². The summed E-state index contributed by atoms with van der Waals surface area (Å²) in [5.41, 5.74) is 0.251. The van der Waals surface area contributed by atoms with Crippen LogP contribution in [0.3, 0.4) is 0 Å². The number of rotatable bonds is 2. The van der Waals surface area contributed by atoms with Gasteiger partial charge in [-0.15, -0.1) is 0 Å². The van der Waals surface area contributed by atoms with Crippen molar-refractivity contribution in [3.63, 3.8) is 0 Å². The number of nitrogens with one attached hydrogen (secondary N) is 1. The normalized spacial score (nSPS) is 19.2. The van der Waals surface area contributed by atoms with Crippen LogP contribution in [0.2, 0.25) is 5.02 Å². The van der Waals surface area contributed by atoms with Gasteiger partial charge in [0.15, 0.2) is 0 Å².